The van der Waals surface area contributed by atoms with Gasteiger partial charge in [-0.3, -0.25) is 19.3 Å². The summed E-state index contributed by atoms with van der Waals surface area (Å²) in [7, 11) is -1.35. The Morgan fingerprint density at radius 1 is 1.10 bits per heavy atom. The van der Waals surface area contributed by atoms with E-state index in [0.717, 1.165) is 24.4 Å². The highest BCUT2D eigenvalue weighted by molar-refractivity contribution is 6.76. The molecule has 2 aromatic rings. The summed E-state index contributed by atoms with van der Waals surface area (Å²) >= 11 is 12.9. The number of carboxylic acids is 1. The Bertz CT molecular complexity index is 1330. The predicted molar refractivity (Wildman–Crippen MR) is 159 cm³/mol. The van der Waals surface area contributed by atoms with Gasteiger partial charge >= 0.3 is 5.97 Å². The predicted octanol–water partition coefficient (Wildman–Crippen LogP) is 6.36. The van der Waals surface area contributed by atoms with Crippen molar-refractivity contribution < 1.29 is 24.2 Å². The van der Waals surface area contributed by atoms with E-state index in [0.29, 0.717) is 34.4 Å². The molecule has 1 spiro atoms. The van der Waals surface area contributed by atoms with E-state index >= 15 is 0 Å². The Hall–Kier alpha value is -2.39. The summed E-state index contributed by atoms with van der Waals surface area (Å²) in [5.74, 6) is -2.56. The number of rotatable bonds is 10. The van der Waals surface area contributed by atoms with Gasteiger partial charge in [-0.1, -0.05) is 61.0 Å². The number of hydrogen-bond donors (Lipinski definition) is 1. The molecule has 40 heavy (non-hydrogen) atoms. The first-order chi connectivity index (χ1) is 18.9. The highest BCUT2D eigenvalue weighted by Gasteiger charge is 2.64. The molecule has 1 saturated carbocycles. The molecule has 2 heterocycles. The number of aliphatic carboxylic acids is 1. The van der Waals surface area contributed by atoms with Crippen molar-refractivity contribution in [3.05, 3.63) is 63.6 Å². The molecular formula is C30H36Cl2N2O5Si. The van der Waals surface area contributed by atoms with Gasteiger partial charge in [0, 0.05) is 48.7 Å². The van der Waals surface area contributed by atoms with Crippen molar-refractivity contribution in [3.63, 3.8) is 0 Å². The lowest BCUT2D eigenvalue weighted by molar-refractivity contribution is -0.161. The lowest BCUT2D eigenvalue weighted by atomic mass is 9.66. The summed E-state index contributed by atoms with van der Waals surface area (Å²) in [4.78, 5) is 44.2. The summed E-state index contributed by atoms with van der Waals surface area (Å²) in [6, 6.07) is 13.7. The third kappa shape index (κ3) is 5.56. The van der Waals surface area contributed by atoms with Gasteiger partial charge in [0.15, 0.2) is 5.54 Å². The Balaban J connectivity index is 1.65. The van der Waals surface area contributed by atoms with E-state index < -0.39 is 31.4 Å². The summed E-state index contributed by atoms with van der Waals surface area (Å²) in [6.07, 6.45) is 1.86. The highest BCUT2D eigenvalue weighted by atomic mass is 35.5. The van der Waals surface area contributed by atoms with Crippen molar-refractivity contribution in [2.24, 2.45) is 11.8 Å². The molecule has 1 saturated heterocycles. The van der Waals surface area contributed by atoms with Crippen molar-refractivity contribution in [2.45, 2.75) is 62.8 Å². The third-order valence-electron chi connectivity index (χ3n) is 8.32. The van der Waals surface area contributed by atoms with Crippen LogP contribution >= 0.6 is 23.2 Å². The Kier molecular flexibility index (Phi) is 8.09. The van der Waals surface area contributed by atoms with Crippen LogP contribution in [0.3, 0.4) is 0 Å². The number of fused-ring (bicyclic) bond motifs is 2. The topological polar surface area (TPSA) is 87.1 Å². The zero-order valence-corrected chi connectivity index (χ0v) is 25.7. The summed E-state index contributed by atoms with van der Waals surface area (Å²) < 4.78 is 6.08. The molecule has 2 unspecified atom stereocenters. The molecule has 0 radical (unpaired) electrons. The Morgan fingerprint density at radius 2 is 1.82 bits per heavy atom. The molecule has 3 aliphatic rings. The van der Waals surface area contributed by atoms with Crippen LogP contribution in [0.1, 0.15) is 42.7 Å². The van der Waals surface area contributed by atoms with Gasteiger partial charge in [-0.15, -0.1) is 0 Å². The molecule has 2 aromatic carbocycles. The average molecular weight is 604 g/mol. The maximum Gasteiger partial charge on any atom is 0.304 e. The minimum atomic E-state index is -1.36. The fourth-order valence-electron chi connectivity index (χ4n) is 6.15. The average Bonchev–Trinajstić information content (AvgIpc) is 3.66. The molecule has 10 heteroatoms. The SMILES string of the molecule is C[Si](C)(C)CCOCN1C(=O)C2(c3ccc(Cl)cc31)[C@@H](c1cccc(Cl)c1)CC(CC(=O)O)C(=O)N2CC1CC1. The summed E-state index contributed by atoms with van der Waals surface area (Å²) in [5, 5.41) is 10.7. The number of likely N-dealkylation sites (tertiary alicyclic amines) is 1. The van der Waals surface area contributed by atoms with Crippen molar-refractivity contribution >= 4 is 54.7 Å². The zero-order chi connectivity index (χ0) is 28.8. The Labute approximate surface area is 246 Å². The van der Waals surface area contributed by atoms with Crippen LogP contribution in [0.5, 0.6) is 0 Å². The molecule has 7 nitrogen and oxygen atoms in total. The number of halogens is 2. The van der Waals surface area contributed by atoms with Crippen LogP contribution in [0.2, 0.25) is 35.7 Å². The van der Waals surface area contributed by atoms with Crippen molar-refractivity contribution in [2.75, 3.05) is 24.8 Å². The molecular weight excluding hydrogens is 567 g/mol. The molecule has 3 atom stereocenters. The quantitative estimate of drug-likeness (QED) is 0.252. The van der Waals surface area contributed by atoms with Gasteiger partial charge in [0.25, 0.3) is 5.91 Å². The molecule has 214 valence electrons. The smallest absolute Gasteiger partial charge is 0.304 e. The van der Waals surface area contributed by atoms with Crippen LogP contribution in [0, 0.1) is 11.8 Å². The van der Waals surface area contributed by atoms with Crippen LogP contribution in [0.15, 0.2) is 42.5 Å². The molecule has 2 fully saturated rings. The number of carbonyl (C=O) groups excluding carboxylic acids is 2. The fourth-order valence-corrected chi connectivity index (χ4v) is 7.28. The summed E-state index contributed by atoms with van der Waals surface area (Å²) in [6.45, 7) is 7.79. The van der Waals surface area contributed by atoms with E-state index in [1.54, 1.807) is 28.0 Å². The highest BCUT2D eigenvalue weighted by Crippen LogP contribution is 2.58. The molecule has 2 aliphatic heterocycles. The zero-order valence-electron chi connectivity index (χ0n) is 23.2. The van der Waals surface area contributed by atoms with Crippen LogP contribution in [-0.4, -0.2) is 55.7 Å². The van der Waals surface area contributed by atoms with Crippen molar-refractivity contribution in [3.8, 4) is 0 Å². The first kappa shape index (κ1) is 29.1. The number of carbonyl (C=O) groups is 3. The van der Waals surface area contributed by atoms with Crippen LogP contribution in [-0.2, 0) is 24.7 Å². The standard InChI is InChI=1S/C30H36Cl2N2O5Si/c1-40(2,3)12-11-39-18-33-26-16-23(32)9-10-24(26)30(29(33)38)25(20-5-4-6-22(31)13-20)14-21(15-27(35)36)28(37)34(30)17-19-7-8-19/h4-6,9-10,13,16,19,21,25H,7-8,11-12,14-15,17-18H2,1-3H3,(H,35,36)/t21?,25-,30?/m1/s1. The second-order valence-electron chi connectivity index (χ2n) is 12.5. The molecule has 1 N–H and O–H groups in total. The normalized spacial score (nSPS) is 24.6. The van der Waals surface area contributed by atoms with Gasteiger partial charge in [0.2, 0.25) is 5.91 Å². The van der Waals surface area contributed by atoms with Gasteiger partial charge in [0.1, 0.15) is 6.73 Å². The molecule has 0 bridgehead atoms. The largest absolute Gasteiger partial charge is 0.481 e. The van der Waals surface area contributed by atoms with Gasteiger partial charge in [-0.25, -0.2) is 0 Å². The van der Waals surface area contributed by atoms with Crippen LogP contribution < -0.4 is 4.90 Å². The van der Waals surface area contributed by atoms with E-state index in [9.17, 15) is 19.5 Å². The number of hydrogen-bond acceptors (Lipinski definition) is 4. The van der Waals surface area contributed by atoms with E-state index in [4.69, 9.17) is 27.9 Å². The van der Waals surface area contributed by atoms with Crippen LogP contribution in [0.25, 0.3) is 0 Å². The second kappa shape index (κ2) is 11.1. The minimum absolute atomic E-state index is 0.0463. The third-order valence-corrected chi connectivity index (χ3v) is 10.5. The molecule has 5 rings (SSSR count). The van der Waals surface area contributed by atoms with E-state index in [1.165, 1.54) is 0 Å². The lowest BCUT2D eigenvalue weighted by Crippen LogP contribution is -2.64. The van der Waals surface area contributed by atoms with Gasteiger partial charge < -0.3 is 14.7 Å². The molecule has 0 aromatic heterocycles. The number of amides is 2. The fraction of sp³-hybridized carbons (Fsp3) is 0.500. The van der Waals surface area contributed by atoms with E-state index in [2.05, 4.69) is 19.6 Å². The number of ether oxygens (including phenoxy) is 1. The summed E-state index contributed by atoms with van der Waals surface area (Å²) in [5.41, 5.74) is 0.764. The maximum atomic E-state index is 14.9. The van der Waals surface area contributed by atoms with Crippen LogP contribution in [0.4, 0.5) is 5.69 Å². The Morgan fingerprint density at radius 3 is 2.48 bits per heavy atom. The lowest BCUT2D eigenvalue weighted by Gasteiger charge is -2.51. The number of benzene rings is 2. The van der Waals surface area contributed by atoms with E-state index in [-0.39, 0.29) is 37.3 Å². The first-order valence-corrected chi connectivity index (χ1v) is 18.4. The minimum Gasteiger partial charge on any atom is -0.481 e. The van der Waals surface area contributed by atoms with Gasteiger partial charge in [-0.05, 0) is 61.1 Å². The molecule has 2 amide bonds. The maximum absolute atomic E-state index is 14.9. The monoisotopic (exact) mass is 602 g/mol. The molecule has 1 aliphatic carbocycles. The number of carboxylic acid groups (broad SMARTS) is 1. The number of piperidine rings is 1. The second-order valence-corrected chi connectivity index (χ2v) is 19.0. The van der Waals surface area contributed by atoms with Crippen molar-refractivity contribution in [1.29, 1.82) is 0 Å². The number of nitrogens with zero attached hydrogens (tertiary/aromatic N) is 2. The van der Waals surface area contributed by atoms with Gasteiger partial charge in [-0.2, -0.15) is 0 Å². The van der Waals surface area contributed by atoms with Crippen molar-refractivity contribution in [1.82, 2.24) is 4.90 Å². The first-order valence-electron chi connectivity index (χ1n) is 13.9. The van der Waals surface area contributed by atoms with Gasteiger partial charge in [0.05, 0.1) is 12.1 Å². The van der Waals surface area contributed by atoms with E-state index in [1.807, 2.05) is 24.3 Å². The number of anilines is 1.